The monoisotopic (exact) mass is 198 g/mol. The number of amides is 1. The smallest absolute Gasteiger partial charge is 0.222 e. The number of rotatable bonds is 3. The van der Waals surface area contributed by atoms with Crippen molar-refractivity contribution < 1.29 is 4.79 Å². The van der Waals surface area contributed by atoms with E-state index in [1.165, 1.54) is 0 Å². The molecule has 1 rings (SSSR count). The molecule has 82 valence electrons. The molecule has 0 aromatic heterocycles. The van der Waals surface area contributed by atoms with Crippen LogP contribution < -0.4 is 5.73 Å². The largest absolute Gasteiger partial charge is 0.342 e. The first kappa shape index (κ1) is 11.5. The molecule has 14 heavy (non-hydrogen) atoms. The van der Waals surface area contributed by atoms with Crippen LogP contribution in [0.5, 0.6) is 0 Å². The first-order valence-electron chi connectivity index (χ1n) is 5.61. The van der Waals surface area contributed by atoms with E-state index in [2.05, 4.69) is 13.8 Å². The Kier molecular flexibility index (Phi) is 4.39. The first-order valence-corrected chi connectivity index (χ1v) is 5.61. The lowest BCUT2D eigenvalue weighted by Crippen LogP contribution is -2.36. The molecule has 0 spiro atoms. The van der Waals surface area contributed by atoms with Crippen LogP contribution in [0, 0.1) is 11.8 Å². The van der Waals surface area contributed by atoms with Crippen molar-refractivity contribution in [2.45, 2.75) is 33.1 Å². The first-order chi connectivity index (χ1) is 6.63. The number of hydrogen-bond acceptors (Lipinski definition) is 2. The van der Waals surface area contributed by atoms with Crippen LogP contribution in [0.1, 0.15) is 33.1 Å². The zero-order valence-electron chi connectivity index (χ0n) is 9.33. The van der Waals surface area contributed by atoms with Crippen LogP contribution >= 0.6 is 0 Å². The van der Waals surface area contributed by atoms with E-state index < -0.39 is 0 Å². The number of carbonyl (C=O) groups is 1. The summed E-state index contributed by atoms with van der Waals surface area (Å²) in [4.78, 5) is 13.7. The van der Waals surface area contributed by atoms with E-state index in [1.54, 1.807) is 0 Å². The molecule has 2 N–H and O–H groups in total. The fourth-order valence-electron chi connectivity index (χ4n) is 1.82. The molecule has 1 amide bonds. The molecule has 0 bridgehead atoms. The second-order valence-corrected chi connectivity index (χ2v) is 4.61. The Morgan fingerprint density at radius 1 is 1.57 bits per heavy atom. The van der Waals surface area contributed by atoms with Gasteiger partial charge in [0.05, 0.1) is 0 Å². The fourth-order valence-corrected chi connectivity index (χ4v) is 1.82. The minimum atomic E-state index is 0.314. The fraction of sp³-hybridized carbons (Fsp3) is 0.909. The summed E-state index contributed by atoms with van der Waals surface area (Å²) in [6.07, 6.45) is 2.91. The predicted octanol–water partition coefficient (Wildman–Crippen LogP) is 1.23. The molecule has 3 heteroatoms. The van der Waals surface area contributed by atoms with Gasteiger partial charge in [-0.25, -0.2) is 0 Å². The van der Waals surface area contributed by atoms with Gasteiger partial charge in [0.25, 0.3) is 0 Å². The standard InChI is InChI=1S/C11H22N2O/c1-9-3-4-11(14)13(6-5-9)8-10(2)7-12/h9-10H,3-8,12H2,1-2H3. The van der Waals surface area contributed by atoms with Gasteiger partial charge in [-0.1, -0.05) is 13.8 Å². The summed E-state index contributed by atoms with van der Waals surface area (Å²) in [5, 5.41) is 0. The molecule has 3 nitrogen and oxygen atoms in total. The lowest BCUT2D eigenvalue weighted by atomic mass is 10.0. The molecule has 1 heterocycles. The van der Waals surface area contributed by atoms with E-state index in [4.69, 9.17) is 5.73 Å². The average molecular weight is 198 g/mol. The number of hydrogen-bond donors (Lipinski definition) is 1. The lowest BCUT2D eigenvalue weighted by Gasteiger charge is -2.23. The molecule has 1 aliphatic rings. The van der Waals surface area contributed by atoms with Crippen LogP contribution in [0.4, 0.5) is 0 Å². The number of nitrogens with zero attached hydrogens (tertiary/aromatic N) is 1. The Hall–Kier alpha value is -0.570. The van der Waals surface area contributed by atoms with Gasteiger partial charge in [-0.2, -0.15) is 0 Å². The van der Waals surface area contributed by atoms with E-state index in [0.717, 1.165) is 32.4 Å². The van der Waals surface area contributed by atoms with Crippen molar-refractivity contribution in [3.63, 3.8) is 0 Å². The van der Waals surface area contributed by atoms with Gasteiger partial charge in [0.2, 0.25) is 5.91 Å². The zero-order chi connectivity index (χ0) is 10.6. The molecule has 1 fully saturated rings. The molecule has 0 aliphatic carbocycles. The summed E-state index contributed by atoms with van der Waals surface area (Å²) >= 11 is 0. The minimum Gasteiger partial charge on any atom is -0.342 e. The van der Waals surface area contributed by atoms with Crippen molar-refractivity contribution in [1.82, 2.24) is 4.90 Å². The Labute approximate surface area is 86.6 Å². The van der Waals surface area contributed by atoms with Crippen molar-refractivity contribution >= 4 is 5.91 Å². The van der Waals surface area contributed by atoms with Crippen LogP contribution in [-0.4, -0.2) is 30.4 Å². The molecular weight excluding hydrogens is 176 g/mol. The lowest BCUT2D eigenvalue weighted by molar-refractivity contribution is -0.131. The van der Waals surface area contributed by atoms with Gasteiger partial charge in [0.15, 0.2) is 0 Å². The molecule has 0 aromatic carbocycles. The van der Waals surface area contributed by atoms with Crippen molar-refractivity contribution in [2.75, 3.05) is 19.6 Å². The van der Waals surface area contributed by atoms with Crippen molar-refractivity contribution in [2.24, 2.45) is 17.6 Å². The van der Waals surface area contributed by atoms with Crippen LogP contribution in [0.2, 0.25) is 0 Å². The van der Waals surface area contributed by atoms with Gasteiger partial charge in [-0.05, 0) is 31.2 Å². The third kappa shape index (κ3) is 3.29. The van der Waals surface area contributed by atoms with Gasteiger partial charge >= 0.3 is 0 Å². The second-order valence-electron chi connectivity index (χ2n) is 4.61. The van der Waals surface area contributed by atoms with Gasteiger partial charge < -0.3 is 10.6 Å². The maximum Gasteiger partial charge on any atom is 0.222 e. The van der Waals surface area contributed by atoms with Crippen LogP contribution in [0.3, 0.4) is 0 Å². The summed E-state index contributed by atoms with van der Waals surface area (Å²) in [5.41, 5.74) is 5.56. The number of carbonyl (C=O) groups excluding carboxylic acids is 1. The van der Waals surface area contributed by atoms with Crippen LogP contribution in [-0.2, 0) is 4.79 Å². The van der Waals surface area contributed by atoms with Gasteiger partial charge in [0.1, 0.15) is 0 Å². The van der Waals surface area contributed by atoms with Crippen molar-refractivity contribution in [3.05, 3.63) is 0 Å². The minimum absolute atomic E-state index is 0.314. The van der Waals surface area contributed by atoms with Gasteiger partial charge in [-0.15, -0.1) is 0 Å². The molecule has 0 aromatic rings. The normalized spacial score (nSPS) is 26.1. The van der Waals surface area contributed by atoms with E-state index in [9.17, 15) is 4.79 Å². The second kappa shape index (κ2) is 5.35. The average Bonchev–Trinajstić information content (AvgIpc) is 2.33. The maximum atomic E-state index is 11.7. The summed E-state index contributed by atoms with van der Waals surface area (Å²) < 4.78 is 0. The van der Waals surface area contributed by atoms with Crippen LogP contribution in [0.25, 0.3) is 0 Å². The highest BCUT2D eigenvalue weighted by molar-refractivity contribution is 5.76. The molecule has 0 radical (unpaired) electrons. The maximum absolute atomic E-state index is 11.7. The Balaban J connectivity index is 2.45. The van der Waals surface area contributed by atoms with E-state index in [0.29, 0.717) is 24.3 Å². The van der Waals surface area contributed by atoms with E-state index in [1.807, 2.05) is 4.90 Å². The quantitative estimate of drug-likeness (QED) is 0.741. The molecule has 2 atom stereocenters. The molecule has 2 unspecified atom stereocenters. The topological polar surface area (TPSA) is 46.3 Å². The van der Waals surface area contributed by atoms with E-state index >= 15 is 0 Å². The highest BCUT2D eigenvalue weighted by Crippen LogP contribution is 2.18. The molecule has 1 aliphatic heterocycles. The summed E-state index contributed by atoms with van der Waals surface area (Å²) in [6, 6.07) is 0. The molecule has 0 saturated carbocycles. The third-order valence-electron chi connectivity index (χ3n) is 3.03. The molecular formula is C11H22N2O. The van der Waals surface area contributed by atoms with Crippen molar-refractivity contribution in [1.29, 1.82) is 0 Å². The Bertz CT molecular complexity index is 194. The number of nitrogens with two attached hydrogens (primary N) is 1. The zero-order valence-corrected chi connectivity index (χ0v) is 9.33. The summed E-state index contributed by atoms with van der Waals surface area (Å²) in [6.45, 7) is 6.75. The van der Waals surface area contributed by atoms with Crippen molar-refractivity contribution in [3.8, 4) is 0 Å². The Morgan fingerprint density at radius 2 is 2.29 bits per heavy atom. The predicted molar refractivity (Wildman–Crippen MR) is 57.8 cm³/mol. The molecule has 1 saturated heterocycles. The summed E-state index contributed by atoms with van der Waals surface area (Å²) in [5.74, 6) is 1.43. The van der Waals surface area contributed by atoms with Gasteiger partial charge in [-0.3, -0.25) is 4.79 Å². The van der Waals surface area contributed by atoms with Crippen LogP contribution in [0.15, 0.2) is 0 Å². The third-order valence-corrected chi connectivity index (χ3v) is 3.03. The van der Waals surface area contributed by atoms with E-state index in [-0.39, 0.29) is 0 Å². The summed E-state index contributed by atoms with van der Waals surface area (Å²) in [7, 11) is 0. The highest BCUT2D eigenvalue weighted by Gasteiger charge is 2.20. The SMILES string of the molecule is CC1CCC(=O)N(CC(C)CN)CC1. The number of likely N-dealkylation sites (tertiary alicyclic amines) is 1. The Morgan fingerprint density at radius 3 is 2.93 bits per heavy atom. The van der Waals surface area contributed by atoms with Gasteiger partial charge in [0, 0.05) is 19.5 Å². The highest BCUT2D eigenvalue weighted by atomic mass is 16.2.